The van der Waals surface area contributed by atoms with Crippen molar-refractivity contribution in [2.24, 2.45) is 5.92 Å². The van der Waals surface area contributed by atoms with Gasteiger partial charge in [-0.3, -0.25) is 9.69 Å². The van der Waals surface area contributed by atoms with E-state index in [1.807, 2.05) is 20.8 Å². The van der Waals surface area contributed by atoms with E-state index in [-0.39, 0.29) is 11.6 Å². The van der Waals surface area contributed by atoms with Gasteiger partial charge in [-0.2, -0.15) is 0 Å². The summed E-state index contributed by atoms with van der Waals surface area (Å²) in [5.41, 5.74) is -0.526. The van der Waals surface area contributed by atoms with Gasteiger partial charge in [0, 0.05) is 11.6 Å². The SMILES string of the molecule is CC(C)(C)OC(=O)NC12CC(C1)C(N1CC(=O)C1)C2. The minimum atomic E-state index is -0.453. The number of nitrogens with zero attached hydrogens (tertiary/aromatic N) is 1. The third kappa shape index (κ3) is 2.36. The molecule has 4 aliphatic rings. The molecule has 0 aromatic heterocycles. The van der Waals surface area contributed by atoms with Crippen LogP contribution in [0.25, 0.3) is 0 Å². The highest BCUT2D eigenvalue weighted by atomic mass is 16.6. The molecule has 0 spiro atoms. The Kier molecular flexibility index (Phi) is 2.68. The Balaban J connectivity index is 1.54. The molecule has 4 fully saturated rings. The van der Waals surface area contributed by atoms with Crippen LogP contribution in [-0.2, 0) is 9.53 Å². The van der Waals surface area contributed by atoms with E-state index in [9.17, 15) is 9.59 Å². The highest BCUT2D eigenvalue weighted by molar-refractivity contribution is 5.87. The van der Waals surface area contributed by atoms with Crippen molar-refractivity contribution >= 4 is 11.9 Å². The number of hydrogen-bond acceptors (Lipinski definition) is 4. The molecule has 4 rings (SSSR count). The van der Waals surface area contributed by atoms with Crippen molar-refractivity contribution in [2.45, 2.75) is 57.2 Å². The average Bonchev–Trinajstić information content (AvgIpc) is 2.63. The summed E-state index contributed by atoms with van der Waals surface area (Å²) in [6, 6.07) is 0.479. The lowest BCUT2D eigenvalue weighted by molar-refractivity contribution is -0.131. The molecule has 1 heterocycles. The second kappa shape index (κ2) is 3.95. The fraction of sp³-hybridized carbons (Fsp3) is 0.857. The van der Waals surface area contributed by atoms with Crippen LogP contribution in [-0.4, -0.2) is 47.0 Å². The van der Waals surface area contributed by atoms with Gasteiger partial charge < -0.3 is 10.1 Å². The molecule has 106 valence electrons. The summed E-state index contributed by atoms with van der Waals surface area (Å²) < 4.78 is 5.32. The molecule has 3 aliphatic carbocycles. The lowest BCUT2D eigenvalue weighted by atomic mass is 9.76. The zero-order valence-corrected chi connectivity index (χ0v) is 11.9. The van der Waals surface area contributed by atoms with E-state index >= 15 is 0 Å². The summed E-state index contributed by atoms with van der Waals surface area (Å²) in [6.07, 6.45) is 2.71. The van der Waals surface area contributed by atoms with Crippen molar-refractivity contribution in [2.75, 3.05) is 13.1 Å². The molecular weight excluding hydrogens is 244 g/mol. The number of ketones is 1. The maximum Gasteiger partial charge on any atom is 0.408 e. The highest BCUT2D eigenvalue weighted by Gasteiger charge is 2.59. The number of hydrogen-bond donors (Lipinski definition) is 1. The normalized spacial score (nSPS) is 37.5. The first-order valence-electron chi connectivity index (χ1n) is 7.03. The Bertz CT molecular complexity index is 413. The van der Waals surface area contributed by atoms with Gasteiger partial charge in [-0.15, -0.1) is 0 Å². The molecule has 0 aromatic carbocycles. The fourth-order valence-electron chi connectivity index (χ4n) is 3.69. The minimum Gasteiger partial charge on any atom is -0.444 e. The van der Waals surface area contributed by atoms with Crippen LogP contribution in [0.3, 0.4) is 0 Å². The molecule has 1 amide bonds. The lowest BCUT2D eigenvalue weighted by Gasteiger charge is -2.40. The predicted molar refractivity (Wildman–Crippen MR) is 69.8 cm³/mol. The number of alkyl carbamates (subject to hydrolysis) is 1. The van der Waals surface area contributed by atoms with E-state index in [1.54, 1.807) is 0 Å². The molecule has 1 saturated heterocycles. The molecule has 0 aromatic rings. The fourth-order valence-corrected chi connectivity index (χ4v) is 3.69. The quantitative estimate of drug-likeness (QED) is 0.819. The van der Waals surface area contributed by atoms with E-state index < -0.39 is 5.60 Å². The number of amides is 1. The van der Waals surface area contributed by atoms with Gasteiger partial charge in [-0.05, 0) is 46.0 Å². The largest absolute Gasteiger partial charge is 0.444 e. The van der Waals surface area contributed by atoms with Gasteiger partial charge in [0.2, 0.25) is 0 Å². The number of carbonyl (C=O) groups excluding carboxylic acids is 2. The van der Waals surface area contributed by atoms with Crippen molar-refractivity contribution in [3.05, 3.63) is 0 Å². The van der Waals surface area contributed by atoms with Crippen LogP contribution in [0.4, 0.5) is 4.79 Å². The Morgan fingerprint density at radius 2 is 1.95 bits per heavy atom. The molecule has 19 heavy (non-hydrogen) atoms. The number of fused-ring (bicyclic) bond motifs is 1. The Morgan fingerprint density at radius 3 is 2.47 bits per heavy atom. The van der Waals surface area contributed by atoms with Crippen LogP contribution >= 0.6 is 0 Å². The van der Waals surface area contributed by atoms with Gasteiger partial charge in [0.15, 0.2) is 5.78 Å². The second-order valence-electron chi connectivity index (χ2n) is 7.29. The highest BCUT2D eigenvalue weighted by Crippen LogP contribution is 2.54. The zero-order valence-electron chi connectivity index (χ0n) is 11.9. The van der Waals surface area contributed by atoms with Gasteiger partial charge in [0.1, 0.15) is 5.60 Å². The first-order chi connectivity index (χ1) is 8.76. The van der Waals surface area contributed by atoms with Crippen LogP contribution in [0.5, 0.6) is 0 Å². The Morgan fingerprint density at radius 1 is 1.32 bits per heavy atom. The summed E-state index contributed by atoms with van der Waals surface area (Å²) in [7, 11) is 0. The summed E-state index contributed by atoms with van der Waals surface area (Å²) in [6.45, 7) is 6.82. The molecule has 1 unspecified atom stereocenters. The second-order valence-corrected chi connectivity index (χ2v) is 7.29. The smallest absolute Gasteiger partial charge is 0.408 e. The van der Waals surface area contributed by atoms with Gasteiger partial charge in [0.05, 0.1) is 13.1 Å². The molecular formula is C14H22N2O3. The average molecular weight is 266 g/mol. The monoisotopic (exact) mass is 266 g/mol. The van der Waals surface area contributed by atoms with Crippen molar-refractivity contribution in [1.82, 2.24) is 10.2 Å². The van der Waals surface area contributed by atoms with Crippen molar-refractivity contribution in [1.29, 1.82) is 0 Å². The Labute approximate surface area is 113 Å². The summed E-state index contributed by atoms with van der Waals surface area (Å²) in [5, 5.41) is 3.05. The van der Waals surface area contributed by atoms with E-state index in [4.69, 9.17) is 4.74 Å². The van der Waals surface area contributed by atoms with E-state index in [2.05, 4.69) is 10.2 Å². The third-order valence-corrected chi connectivity index (χ3v) is 4.44. The van der Waals surface area contributed by atoms with Crippen LogP contribution in [0.15, 0.2) is 0 Å². The maximum absolute atomic E-state index is 11.9. The standard InChI is InChI=1S/C14H22N2O3/c1-13(2,3)19-12(18)15-14-4-9(5-14)11(6-14)16-7-10(17)8-16/h9,11H,4-8H2,1-3H3,(H,15,18). The van der Waals surface area contributed by atoms with Crippen LogP contribution in [0, 0.1) is 5.92 Å². The lowest BCUT2D eigenvalue weighted by Crippen LogP contribution is -2.54. The van der Waals surface area contributed by atoms with E-state index in [0.717, 1.165) is 19.3 Å². The van der Waals surface area contributed by atoms with Crippen LogP contribution < -0.4 is 5.32 Å². The van der Waals surface area contributed by atoms with Crippen LogP contribution in [0.1, 0.15) is 40.0 Å². The molecule has 1 atom stereocenters. The first kappa shape index (κ1) is 12.9. The summed E-state index contributed by atoms with van der Waals surface area (Å²) in [5.74, 6) is 0.973. The number of ether oxygens (including phenoxy) is 1. The van der Waals surface area contributed by atoms with Crippen molar-refractivity contribution in [3.63, 3.8) is 0 Å². The predicted octanol–water partition coefficient (Wildman–Crippen LogP) is 1.32. The third-order valence-electron chi connectivity index (χ3n) is 4.44. The van der Waals surface area contributed by atoms with Crippen molar-refractivity contribution in [3.8, 4) is 0 Å². The minimum absolute atomic E-state index is 0.0731. The first-order valence-corrected chi connectivity index (χ1v) is 7.03. The maximum atomic E-state index is 11.9. The number of likely N-dealkylation sites (tertiary alicyclic amines) is 1. The Hall–Kier alpha value is -1.10. The van der Waals surface area contributed by atoms with Crippen LogP contribution in [0.2, 0.25) is 0 Å². The van der Waals surface area contributed by atoms with E-state index in [1.165, 1.54) is 0 Å². The van der Waals surface area contributed by atoms with Gasteiger partial charge >= 0.3 is 6.09 Å². The number of Topliss-reactive ketones (excluding diaryl/α,β-unsaturated/α-hetero) is 1. The van der Waals surface area contributed by atoms with Gasteiger partial charge in [0.25, 0.3) is 0 Å². The summed E-state index contributed by atoms with van der Waals surface area (Å²) in [4.78, 5) is 25.2. The molecule has 3 saturated carbocycles. The molecule has 1 aliphatic heterocycles. The number of carbonyl (C=O) groups is 2. The zero-order chi connectivity index (χ0) is 13.8. The molecule has 2 bridgehead atoms. The molecule has 5 heteroatoms. The molecule has 1 N–H and O–H groups in total. The van der Waals surface area contributed by atoms with E-state index in [0.29, 0.717) is 30.8 Å². The van der Waals surface area contributed by atoms with Gasteiger partial charge in [-0.1, -0.05) is 0 Å². The van der Waals surface area contributed by atoms with Crippen molar-refractivity contribution < 1.29 is 14.3 Å². The molecule has 0 radical (unpaired) electrons. The summed E-state index contributed by atoms with van der Waals surface area (Å²) >= 11 is 0. The number of rotatable bonds is 2. The number of nitrogens with one attached hydrogen (secondary N) is 1. The molecule has 5 nitrogen and oxygen atoms in total. The topological polar surface area (TPSA) is 58.6 Å². The van der Waals surface area contributed by atoms with Gasteiger partial charge in [-0.25, -0.2) is 4.79 Å².